The van der Waals surface area contributed by atoms with E-state index >= 15 is 0 Å². The molecule has 0 spiro atoms. The maximum absolute atomic E-state index is 13.1. The van der Waals surface area contributed by atoms with Crippen LogP contribution in [0.4, 0.5) is 10.1 Å². The van der Waals surface area contributed by atoms with Gasteiger partial charge in [0.1, 0.15) is 23.2 Å². The summed E-state index contributed by atoms with van der Waals surface area (Å²) in [5.74, 6) is 1.18. The van der Waals surface area contributed by atoms with E-state index in [1.807, 2.05) is 0 Å². The van der Waals surface area contributed by atoms with Gasteiger partial charge < -0.3 is 10.1 Å². The van der Waals surface area contributed by atoms with Gasteiger partial charge in [0.15, 0.2) is 0 Å². The Balaban J connectivity index is 1.75. The molecule has 0 saturated carbocycles. The van der Waals surface area contributed by atoms with Crippen LogP contribution >= 0.6 is 0 Å². The van der Waals surface area contributed by atoms with E-state index in [0.717, 1.165) is 0 Å². The summed E-state index contributed by atoms with van der Waals surface area (Å²) in [7, 11) is 1.58. The number of methoxy groups -OCH3 is 1. The molecule has 3 aromatic rings. The van der Waals surface area contributed by atoms with E-state index in [2.05, 4.69) is 15.4 Å². The Kier molecular flexibility index (Phi) is 4.74. The molecular weight excluding hydrogens is 323 g/mol. The molecule has 128 valence electrons. The molecule has 0 fully saturated rings. The molecule has 0 aliphatic heterocycles. The number of carbonyl (C=O) groups is 1. The number of hydrogen-bond donors (Lipinski definition) is 1. The number of aryl methyl sites for hydroxylation is 1. The highest BCUT2D eigenvalue weighted by Gasteiger charge is 2.14. The fourth-order valence-corrected chi connectivity index (χ4v) is 2.39. The molecule has 0 saturated heterocycles. The van der Waals surface area contributed by atoms with Gasteiger partial charge in [-0.2, -0.15) is 5.10 Å². The molecule has 0 aliphatic carbocycles. The van der Waals surface area contributed by atoms with Crippen molar-refractivity contribution >= 4 is 11.6 Å². The van der Waals surface area contributed by atoms with Crippen molar-refractivity contribution in [1.29, 1.82) is 0 Å². The lowest BCUT2D eigenvalue weighted by atomic mass is 10.2. The predicted octanol–water partition coefficient (Wildman–Crippen LogP) is 2.90. The first kappa shape index (κ1) is 16.6. The summed E-state index contributed by atoms with van der Waals surface area (Å²) in [6.07, 6.45) is 0.0459. The molecule has 7 heteroatoms. The quantitative estimate of drug-likeness (QED) is 0.775. The van der Waals surface area contributed by atoms with Gasteiger partial charge in [-0.05, 0) is 55.5 Å². The second-order valence-corrected chi connectivity index (χ2v) is 5.42. The Morgan fingerprint density at radius 3 is 2.48 bits per heavy atom. The minimum atomic E-state index is -0.334. The van der Waals surface area contributed by atoms with Gasteiger partial charge in [-0.1, -0.05) is 0 Å². The van der Waals surface area contributed by atoms with Gasteiger partial charge in [0, 0.05) is 5.69 Å². The van der Waals surface area contributed by atoms with Crippen LogP contribution in [0.3, 0.4) is 0 Å². The predicted molar refractivity (Wildman–Crippen MR) is 91.4 cm³/mol. The van der Waals surface area contributed by atoms with Gasteiger partial charge in [-0.3, -0.25) is 4.79 Å². The van der Waals surface area contributed by atoms with E-state index in [0.29, 0.717) is 28.8 Å². The molecule has 1 N–H and O–H groups in total. The number of hydrogen-bond acceptors (Lipinski definition) is 4. The van der Waals surface area contributed by atoms with Gasteiger partial charge >= 0.3 is 0 Å². The Morgan fingerprint density at radius 1 is 1.16 bits per heavy atom. The van der Waals surface area contributed by atoms with Gasteiger partial charge in [-0.25, -0.2) is 14.1 Å². The molecule has 25 heavy (non-hydrogen) atoms. The average molecular weight is 340 g/mol. The molecule has 0 aliphatic rings. The SMILES string of the molecule is COc1ccc(NC(=O)Cc2nc(C)nn2-c2ccc(F)cc2)cc1. The van der Waals surface area contributed by atoms with E-state index in [1.165, 1.54) is 12.1 Å². The van der Waals surface area contributed by atoms with Gasteiger partial charge in [0.25, 0.3) is 0 Å². The van der Waals surface area contributed by atoms with Crippen molar-refractivity contribution in [3.63, 3.8) is 0 Å². The lowest BCUT2D eigenvalue weighted by molar-refractivity contribution is -0.115. The smallest absolute Gasteiger partial charge is 0.232 e. The molecule has 1 amide bonds. The lowest BCUT2D eigenvalue weighted by Crippen LogP contribution is -2.17. The number of carbonyl (C=O) groups excluding carboxylic acids is 1. The molecule has 0 unspecified atom stereocenters. The molecule has 0 atom stereocenters. The van der Waals surface area contributed by atoms with E-state index in [-0.39, 0.29) is 18.1 Å². The van der Waals surface area contributed by atoms with Gasteiger partial charge in [0.2, 0.25) is 5.91 Å². The summed E-state index contributed by atoms with van der Waals surface area (Å²) in [6.45, 7) is 1.74. The van der Waals surface area contributed by atoms with Crippen molar-refractivity contribution in [2.45, 2.75) is 13.3 Å². The standard InChI is InChI=1S/C18H17FN4O2/c1-12-20-17(23(22-12)15-7-3-13(19)4-8-15)11-18(24)21-14-5-9-16(25-2)10-6-14/h3-10H,11H2,1-2H3,(H,21,24). The maximum Gasteiger partial charge on any atom is 0.232 e. The summed E-state index contributed by atoms with van der Waals surface area (Å²) < 4.78 is 19.7. The minimum absolute atomic E-state index is 0.0459. The van der Waals surface area contributed by atoms with Gasteiger partial charge in [0.05, 0.1) is 19.2 Å². The van der Waals surface area contributed by atoms with Crippen LogP contribution in [0.15, 0.2) is 48.5 Å². The summed E-state index contributed by atoms with van der Waals surface area (Å²) in [6, 6.07) is 12.9. The number of rotatable bonds is 5. The molecule has 3 rings (SSSR count). The average Bonchev–Trinajstić information content (AvgIpc) is 2.96. The first-order valence-electron chi connectivity index (χ1n) is 7.67. The Morgan fingerprint density at radius 2 is 1.84 bits per heavy atom. The number of nitrogens with zero attached hydrogens (tertiary/aromatic N) is 3. The van der Waals surface area contributed by atoms with E-state index < -0.39 is 0 Å². The van der Waals surface area contributed by atoms with E-state index in [1.54, 1.807) is 55.1 Å². The Labute approximate surface area is 144 Å². The summed E-state index contributed by atoms with van der Waals surface area (Å²) >= 11 is 0. The van der Waals surface area contributed by atoms with Crippen LogP contribution < -0.4 is 10.1 Å². The van der Waals surface area contributed by atoms with Crippen molar-refractivity contribution in [2.75, 3.05) is 12.4 Å². The zero-order valence-electron chi connectivity index (χ0n) is 13.9. The van der Waals surface area contributed by atoms with Crippen molar-refractivity contribution in [2.24, 2.45) is 0 Å². The number of ether oxygens (including phenoxy) is 1. The first-order chi connectivity index (χ1) is 12.0. The van der Waals surface area contributed by atoms with Crippen LogP contribution in [0.25, 0.3) is 5.69 Å². The topological polar surface area (TPSA) is 69.0 Å². The minimum Gasteiger partial charge on any atom is -0.497 e. The largest absolute Gasteiger partial charge is 0.497 e. The van der Waals surface area contributed by atoms with Crippen molar-refractivity contribution in [1.82, 2.24) is 14.8 Å². The zero-order valence-corrected chi connectivity index (χ0v) is 13.9. The second-order valence-electron chi connectivity index (χ2n) is 5.42. The molecule has 1 aromatic heterocycles. The number of anilines is 1. The molecule has 6 nitrogen and oxygen atoms in total. The monoisotopic (exact) mass is 340 g/mol. The second kappa shape index (κ2) is 7.12. The highest BCUT2D eigenvalue weighted by atomic mass is 19.1. The number of benzene rings is 2. The normalized spacial score (nSPS) is 10.5. The number of nitrogens with one attached hydrogen (secondary N) is 1. The summed E-state index contributed by atoms with van der Waals surface area (Å²) in [5, 5.41) is 7.08. The van der Waals surface area contributed by atoms with Gasteiger partial charge in [-0.15, -0.1) is 0 Å². The third kappa shape index (κ3) is 4.00. The summed E-state index contributed by atoms with van der Waals surface area (Å²) in [4.78, 5) is 16.6. The molecule has 0 bridgehead atoms. The number of halogens is 1. The van der Waals surface area contributed by atoms with Crippen molar-refractivity contribution < 1.29 is 13.9 Å². The van der Waals surface area contributed by atoms with Crippen molar-refractivity contribution in [3.05, 3.63) is 66.0 Å². The fraction of sp³-hybridized carbons (Fsp3) is 0.167. The van der Waals surface area contributed by atoms with Crippen molar-refractivity contribution in [3.8, 4) is 11.4 Å². The Hall–Kier alpha value is -3.22. The highest BCUT2D eigenvalue weighted by molar-refractivity contribution is 5.91. The molecule has 0 radical (unpaired) electrons. The lowest BCUT2D eigenvalue weighted by Gasteiger charge is -2.08. The fourth-order valence-electron chi connectivity index (χ4n) is 2.39. The van der Waals surface area contributed by atoms with Crippen LogP contribution in [0.1, 0.15) is 11.6 Å². The summed E-state index contributed by atoms with van der Waals surface area (Å²) in [5.41, 5.74) is 1.31. The van der Waals surface area contributed by atoms with E-state index in [9.17, 15) is 9.18 Å². The van der Waals surface area contributed by atoms with Crippen LogP contribution in [0.2, 0.25) is 0 Å². The molecular formula is C18H17FN4O2. The zero-order chi connectivity index (χ0) is 17.8. The number of aromatic nitrogens is 3. The highest BCUT2D eigenvalue weighted by Crippen LogP contribution is 2.16. The molecule has 2 aromatic carbocycles. The van der Waals surface area contributed by atoms with Crippen LogP contribution in [-0.4, -0.2) is 27.8 Å². The Bertz CT molecular complexity index is 873. The first-order valence-corrected chi connectivity index (χ1v) is 7.67. The van der Waals surface area contributed by atoms with Crippen LogP contribution in [0, 0.1) is 12.7 Å². The van der Waals surface area contributed by atoms with E-state index in [4.69, 9.17) is 4.74 Å². The maximum atomic E-state index is 13.1. The molecule has 1 heterocycles. The third-order valence-corrected chi connectivity index (χ3v) is 3.54. The van der Waals surface area contributed by atoms with Crippen LogP contribution in [0.5, 0.6) is 5.75 Å². The number of amides is 1. The van der Waals surface area contributed by atoms with Crippen LogP contribution in [-0.2, 0) is 11.2 Å². The third-order valence-electron chi connectivity index (χ3n) is 3.54.